The highest BCUT2D eigenvalue weighted by Crippen LogP contribution is 2.29. The number of nitrogens with one attached hydrogen (secondary N) is 2. The summed E-state index contributed by atoms with van der Waals surface area (Å²) in [5, 5.41) is 15.5. The van der Waals surface area contributed by atoms with Crippen molar-refractivity contribution in [3.63, 3.8) is 0 Å². The molecule has 0 aliphatic rings. The second kappa shape index (κ2) is 16.3. The molecule has 0 saturated heterocycles. The molecule has 3 atom stereocenters. The van der Waals surface area contributed by atoms with Crippen LogP contribution in [0.2, 0.25) is 0 Å². The Labute approximate surface area is 273 Å². The SMILES string of the molecule is Cc1cccc(C)c1C(C(=O)NC(Cc1ccccc1)C(=O)OC(C)(C)C)N(CC#N)C(=O)C(CC(C)C)NC(=O)OC(C)(C)C. The Morgan fingerprint density at radius 2 is 1.39 bits per heavy atom. The first-order valence-corrected chi connectivity index (χ1v) is 15.6. The Morgan fingerprint density at radius 3 is 1.89 bits per heavy atom. The van der Waals surface area contributed by atoms with Gasteiger partial charge < -0.3 is 25.0 Å². The zero-order valence-electron chi connectivity index (χ0n) is 28.9. The van der Waals surface area contributed by atoms with Gasteiger partial charge in [0.05, 0.1) is 6.07 Å². The van der Waals surface area contributed by atoms with Crippen molar-refractivity contribution in [3.05, 3.63) is 70.8 Å². The number of hydrogen-bond donors (Lipinski definition) is 2. The van der Waals surface area contributed by atoms with E-state index in [4.69, 9.17) is 9.47 Å². The Morgan fingerprint density at radius 1 is 0.826 bits per heavy atom. The number of carbonyl (C=O) groups excluding carboxylic acids is 4. The van der Waals surface area contributed by atoms with Crippen molar-refractivity contribution in [2.24, 2.45) is 5.92 Å². The molecule has 250 valence electrons. The van der Waals surface area contributed by atoms with Crippen LogP contribution in [0.3, 0.4) is 0 Å². The van der Waals surface area contributed by atoms with Gasteiger partial charge in [0.25, 0.3) is 0 Å². The summed E-state index contributed by atoms with van der Waals surface area (Å²) in [6, 6.07) is 13.2. The van der Waals surface area contributed by atoms with Gasteiger partial charge in [-0.3, -0.25) is 9.59 Å². The third-order valence-corrected chi connectivity index (χ3v) is 6.89. The van der Waals surface area contributed by atoms with Crippen molar-refractivity contribution >= 4 is 23.9 Å². The van der Waals surface area contributed by atoms with E-state index >= 15 is 0 Å². The van der Waals surface area contributed by atoms with Crippen molar-refractivity contribution in [2.45, 2.75) is 111 Å². The highest BCUT2D eigenvalue weighted by atomic mass is 16.6. The summed E-state index contributed by atoms with van der Waals surface area (Å²) in [7, 11) is 0. The molecular formula is C36H50N4O6. The number of nitriles is 1. The lowest BCUT2D eigenvalue weighted by atomic mass is 9.92. The number of carbonyl (C=O) groups is 4. The molecule has 2 aromatic carbocycles. The smallest absolute Gasteiger partial charge is 0.408 e. The number of hydrogen-bond acceptors (Lipinski definition) is 7. The molecule has 46 heavy (non-hydrogen) atoms. The highest BCUT2D eigenvalue weighted by Gasteiger charge is 2.39. The molecule has 0 aliphatic heterocycles. The zero-order chi connectivity index (χ0) is 34.8. The third-order valence-electron chi connectivity index (χ3n) is 6.89. The average Bonchev–Trinajstić information content (AvgIpc) is 2.91. The quantitative estimate of drug-likeness (QED) is 0.226. The van der Waals surface area contributed by atoms with Crippen molar-refractivity contribution in [1.29, 1.82) is 5.26 Å². The second-order valence-electron chi connectivity index (χ2n) is 13.9. The molecule has 0 bridgehead atoms. The number of ether oxygens (including phenoxy) is 2. The van der Waals surface area contributed by atoms with E-state index in [9.17, 15) is 24.4 Å². The molecule has 0 aliphatic carbocycles. The second-order valence-corrected chi connectivity index (χ2v) is 13.9. The molecule has 0 heterocycles. The molecule has 3 unspecified atom stereocenters. The number of benzene rings is 2. The largest absolute Gasteiger partial charge is 0.458 e. The molecule has 2 aromatic rings. The molecule has 2 rings (SSSR count). The Bertz CT molecular complexity index is 1380. The van der Waals surface area contributed by atoms with Crippen LogP contribution in [0.4, 0.5) is 4.79 Å². The van der Waals surface area contributed by atoms with E-state index in [2.05, 4.69) is 10.6 Å². The van der Waals surface area contributed by atoms with Crippen molar-refractivity contribution in [2.75, 3.05) is 6.54 Å². The van der Waals surface area contributed by atoms with E-state index < -0.39 is 59.7 Å². The summed E-state index contributed by atoms with van der Waals surface area (Å²) < 4.78 is 11.1. The summed E-state index contributed by atoms with van der Waals surface area (Å²) in [4.78, 5) is 56.3. The predicted molar refractivity (Wildman–Crippen MR) is 177 cm³/mol. The van der Waals surface area contributed by atoms with Gasteiger partial charge in [-0.25, -0.2) is 9.59 Å². The van der Waals surface area contributed by atoms with Crippen molar-refractivity contribution < 1.29 is 28.7 Å². The average molecular weight is 635 g/mol. The van der Waals surface area contributed by atoms with Crippen LogP contribution in [0.25, 0.3) is 0 Å². The van der Waals surface area contributed by atoms with E-state index in [-0.39, 0.29) is 18.8 Å². The van der Waals surface area contributed by atoms with Gasteiger partial charge >= 0.3 is 12.1 Å². The first-order chi connectivity index (χ1) is 21.3. The maximum Gasteiger partial charge on any atom is 0.408 e. The van der Waals surface area contributed by atoms with Gasteiger partial charge in [-0.2, -0.15) is 5.26 Å². The number of esters is 1. The first-order valence-electron chi connectivity index (χ1n) is 15.6. The molecule has 0 radical (unpaired) electrons. The topological polar surface area (TPSA) is 138 Å². The van der Waals surface area contributed by atoms with Crippen LogP contribution in [-0.2, 0) is 30.3 Å². The van der Waals surface area contributed by atoms with Crippen LogP contribution in [0.5, 0.6) is 0 Å². The lowest BCUT2D eigenvalue weighted by Gasteiger charge is -2.35. The Hall–Kier alpha value is -4.39. The standard InChI is InChI=1S/C36H50N4O6/c1-23(2)21-27(39-34(44)46-36(8,9)10)32(42)40(20-19-37)30(29-24(3)15-14-16-25(29)4)31(41)38-28(33(43)45-35(5,6)7)22-26-17-12-11-13-18-26/h11-18,23,27-28,30H,20-22H2,1-10H3,(H,38,41)(H,39,44). The van der Waals surface area contributed by atoms with Gasteiger partial charge in [-0.1, -0.05) is 62.4 Å². The summed E-state index contributed by atoms with van der Waals surface area (Å²) in [5.41, 5.74) is 1.13. The minimum atomic E-state index is -1.30. The van der Waals surface area contributed by atoms with Crippen LogP contribution in [0.15, 0.2) is 48.5 Å². The summed E-state index contributed by atoms with van der Waals surface area (Å²) in [6.45, 7) is 17.3. The lowest BCUT2D eigenvalue weighted by molar-refractivity contribution is -0.159. The van der Waals surface area contributed by atoms with Gasteiger partial charge in [-0.05, 0) is 90.0 Å². The Balaban J connectivity index is 2.65. The molecule has 3 amide bonds. The molecule has 2 N–H and O–H groups in total. The van der Waals surface area contributed by atoms with Crippen LogP contribution in [0, 0.1) is 31.1 Å². The van der Waals surface area contributed by atoms with Gasteiger partial charge in [-0.15, -0.1) is 0 Å². The van der Waals surface area contributed by atoms with Gasteiger partial charge in [0.2, 0.25) is 11.8 Å². The fourth-order valence-corrected chi connectivity index (χ4v) is 5.07. The summed E-state index contributed by atoms with van der Waals surface area (Å²) >= 11 is 0. The number of nitrogens with zero attached hydrogens (tertiary/aromatic N) is 2. The normalized spacial score (nSPS) is 13.5. The predicted octanol–water partition coefficient (Wildman–Crippen LogP) is 5.71. The maximum atomic E-state index is 14.5. The van der Waals surface area contributed by atoms with Gasteiger partial charge in [0, 0.05) is 6.42 Å². The molecule has 0 saturated carbocycles. The lowest BCUT2D eigenvalue weighted by Crippen LogP contribution is -2.55. The highest BCUT2D eigenvalue weighted by molar-refractivity contribution is 5.94. The van der Waals surface area contributed by atoms with Crippen LogP contribution < -0.4 is 10.6 Å². The minimum Gasteiger partial charge on any atom is -0.458 e. The van der Waals surface area contributed by atoms with E-state index in [1.807, 2.05) is 82.3 Å². The van der Waals surface area contributed by atoms with E-state index in [0.717, 1.165) is 5.56 Å². The third kappa shape index (κ3) is 11.8. The van der Waals surface area contributed by atoms with E-state index in [1.54, 1.807) is 41.5 Å². The van der Waals surface area contributed by atoms with Gasteiger partial charge in [0.15, 0.2) is 0 Å². The van der Waals surface area contributed by atoms with E-state index in [1.165, 1.54) is 4.90 Å². The number of aryl methyl sites for hydroxylation is 2. The molecule has 10 nitrogen and oxygen atoms in total. The Kier molecular flexibility index (Phi) is 13.4. The molecule has 0 fully saturated rings. The molecule has 10 heteroatoms. The molecule has 0 spiro atoms. The number of amides is 3. The number of rotatable bonds is 12. The van der Waals surface area contributed by atoms with Crippen LogP contribution >= 0.6 is 0 Å². The molecular weight excluding hydrogens is 584 g/mol. The molecule has 0 aromatic heterocycles. The fourth-order valence-electron chi connectivity index (χ4n) is 5.07. The minimum absolute atomic E-state index is 0.0253. The van der Waals surface area contributed by atoms with Crippen molar-refractivity contribution in [1.82, 2.24) is 15.5 Å². The summed E-state index contributed by atoms with van der Waals surface area (Å²) in [5.74, 6) is -1.94. The van der Waals surface area contributed by atoms with Crippen LogP contribution in [-0.4, -0.2) is 58.6 Å². The first kappa shape index (κ1) is 37.8. The summed E-state index contributed by atoms with van der Waals surface area (Å²) in [6.07, 6.45) is -0.414. The van der Waals surface area contributed by atoms with Crippen LogP contribution in [0.1, 0.15) is 90.1 Å². The fraction of sp³-hybridized carbons (Fsp3) is 0.528. The van der Waals surface area contributed by atoms with E-state index in [0.29, 0.717) is 16.7 Å². The monoisotopic (exact) mass is 634 g/mol. The zero-order valence-corrected chi connectivity index (χ0v) is 28.9. The van der Waals surface area contributed by atoms with Gasteiger partial charge in [0.1, 0.15) is 35.9 Å². The number of alkyl carbamates (subject to hydrolysis) is 1. The maximum absolute atomic E-state index is 14.5. The van der Waals surface area contributed by atoms with Crippen molar-refractivity contribution in [3.8, 4) is 6.07 Å².